The average Bonchev–Trinajstić information content (AvgIpc) is 3.05. The summed E-state index contributed by atoms with van der Waals surface area (Å²) in [5, 5.41) is 9.18. The van der Waals surface area contributed by atoms with E-state index in [2.05, 4.69) is 4.98 Å². The lowest BCUT2D eigenvalue weighted by atomic mass is 10.1. The second kappa shape index (κ2) is 9.09. The van der Waals surface area contributed by atoms with Crippen LogP contribution in [0.4, 0.5) is 0 Å². The predicted molar refractivity (Wildman–Crippen MR) is 112 cm³/mol. The monoisotopic (exact) mass is 400 g/mol. The number of benzene rings is 1. The Labute approximate surface area is 169 Å². The number of aryl methyl sites for hydroxylation is 2. The maximum atomic E-state index is 13.2. The van der Waals surface area contributed by atoms with E-state index < -0.39 is 11.2 Å². The molecule has 0 spiro atoms. The van der Waals surface area contributed by atoms with Gasteiger partial charge in [-0.25, -0.2) is 4.79 Å². The summed E-state index contributed by atoms with van der Waals surface area (Å²) in [6, 6.07) is 8.36. The van der Waals surface area contributed by atoms with E-state index in [1.54, 1.807) is 4.57 Å². The van der Waals surface area contributed by atoms with E-state index in [9.17, 15) is 14.7 Å². The number of aliphatic hydroxyl groups is 1. The number of hydrogen-bond donors (Lipinski definition) is 1. The van der Waals surface area contributed by atoms with Crippen LogP contribution in [0.15, 0.2) is 33.9 Å². The Morgan fingerprint density at radius 2 is 1.76 bits per heavy atom. The summed E-state index contributed by atoms with van der Waals surface area (Å²) in [6.07, 6.45) is 1.05. The van der Waals surface area contributed by atoms with E-state index >= 15 is 0 Å². The number of aromatic nitrogens is 4. The zero-order valence-corrected chi connectivity index (χ0v) is 17.2. The Hall–Kier alpha value is -2.87. The quantitative estimate of drug-likeness (QED) is 0.592. The molecule has 0 saturated heterocycles. The van der Waals surface area contributed by atoms with Crippen LogP contribution < -0.4 is 16.0 Å². The molecule has 0 unspecified atom stereocenters. The van der Waals surface area contributed by atoms with Gasteiger partial charge in [-0.1, -0.05) is 36.8 Å². The number of fused-ring (bicyclic) bond motifs is 1. The zero-order valence-electron chi connectivity index (χ0n) is 17.2. The second-order valence-electron chi connectivity index (χ2n) is 7.04. The molecule has 3 aromatic rings. The highest BCUT2D eigenvalue weighted by molar-refractivity contribution is 5.72. The molecule has 0 aliphatic carbocycles. The summed E-state index contributed by atoms with van der Waals surface area (Å²) in [5.41, 5.74) is 2.04. The van der Waals surface area contributed by atoms with Crippen molar-refractivity contribution in [2.24, 2.45) is 0 Å². The van der Waals surface area contributed by atoms with Crippen LogP contribution in [0.2, 0.25) is 0 Å². The summed E-state index contributed by atoms with van der Waals surface area (Å²) in [5.74, 6) is 0. The van der Waals surface area contributed by atoms with Crippen molar-refractivity contribution in [2.45, 2.75) is 53.2 Å². The van der Waals surface area contributed by atoms with Crippen molar-refractivity contribution < 1.29 is 9.84 Å². The van der Waals surface area contributed by atoms with Gasteiger partial charge in [0.1, 0.15) is 0 Å². The third-order valence-corrected chi connectivity index (χ3v) is 4.80. The van der Waals surface area contributed by atoms with Crippen LogP contribution in [0.5, 0.6) is 6.01 Å². The van der Waals surface area contributed by atoms with Crippen molar-refractivity contribution in [3.63, 3.8) is 0 Å². The first-order valence-corrected chi connectivity index (χ1v) is 10.0. The number of rotatable bonds is 9. The molecule has 156 valence electrons. The van der Waals surface area contributed by atoms with Gasteiger partial charge < -0.3 is 9.84 Å². The summed E-state index contributed by atoms with van der Waals surface area (Å²) < 4.78 is 10.2. The van der Waals surface area contributed by atoms with E-state index in [4.69, 9.17) is 4.74 Å². The molecule has 0 aliphatic heterocycles. The predicted octanol–water partition coefficient (Wildman–Crippen LogP) is 1.91. The van der Waals surface area contributed by atoms with Crippen molar-refractivity contribution in [1.82, 2.24) is 18.7 Å². The van der Waals surface area contributed by atoms with Crippen molar-refractivity contribution in [1.29, 1.82) is 0 Å². The van der Waals surface area contributed by atoms with Gasteiger partial charge in [-0.2, -0.15) is 4.98 Å². The van der Waals surface area contributed by atoms with Gasteiger partial charge >= 0.3 is 5.69 Å². The van der Waals surface area contributed by atoms with Crippen LogP contribution in [-0.4, -0.2) is 37.0 Å². The third-order valence-electron chi connectivity index (χ3n) is 4.80. The van der Waals surface area contributed by atoms with E-state index in [-0.39, 0.29) is 13.2 Å². The van der Waals surface area contributed by atoms with Crippen molar-refractivity contribution in [3.8, 4) is 6.01 Å². The fraction of sp³-hybridized carbons (Fsp3) is 0.476. The van der Waals surface area contributed by atoms with Crippen molar-refractivity contribution in [3.05, 3.63) is 56.2 Å². The summed E-state index contributed by atoms with van der Waals surface area (Å²) in [4.78, 5) is 30.7. The van der Waals surface area contributed by atoms with Gasteiger partial charge in [-0.15, -0.1) is 0 Å². The van der Waals surface area contributed by atoms with Crippen LogP contribution in [-0.2, 0) is 19.6 Å². The lowest BCUT2D eigenvalue weighted by Crippen LogP contribution is -2.41. The minimum atomic E-state index is -0.406. The summed E-state index contributed by atoms with van der Waals surface area (Å²) in [6.45, 7) is 7.16. The molecule has 0 bridgehead atoms. The standard InChI is InChI=1S/C21H28N4O4/c1-4-11-23-18-17(19(27)24(21(23)28)12-6-13-26)25(20(22-18)29-5-2)14-16-9-7-15(3)8-10-16/h7-10,26H,4-6,11-14H2,1-3H3. The fourth-order valence-corrected chi connectivity index (χ4v) is 3.38. The summed E-state index contributed by atoms with van der Waals surface area (Å²) in [7, 11) is 0. The Bertz CT molecular complexity index is 1090. The molecule has 29 heavy (non-hydrogen) atoms. The Kier molecular flexibility index (Phi) is 6.53. The first-order chi connectivity index (χ1) is 14.0. The molecule has 8 heteroatoms. The van der Waals surface area contributed by atoms with Gasteiger partial charge in [0.2, 0.25) is 0 Å². The lowest BCUT2D eigenvalue weighted by molar-refractivity contribution is 0.277. The molecule has 8 nitrogen and oxygen atoms in total. The average molecular weight is 400 g/mol. The SMILES string of the molecule is CCCn1c(=O)n(CCCO)c(=O)c2c1nc(OCC)n2Cc1ccc(C)cc1. The molecule has 0 aliphatic rings. The molecule has 1 N–H and O–H groups in total. The lowest BCUT2D eigenvalue weighted by Gasteiger charge is -2.12. The van der Waals surface area contributed by atoms with Crippen molar-refractivity contribution >= 4 is 11.2 Å². The summed E-state index contributed by atoms with van der Waals surface area (Å²) >= 11 is 0. The van der Waals surface area contributed by atoms with Crippen LogP contribution in [0.3, 0.4) is 0 Å². The fourth-order valence-electron chi connectivity index (χ4n) is 3.38. The molecule has 2 aromatic heterocycles. The van der Waals surface area contributed by atoms with Crippen molar-refractivity contribution in [2.75, 3.05) is 13.2 Å². The first kappa shape index (κ1) is 20.9. The number of imidazole rings is 1. The van der Waals surface area contributed by atoms with Crippen LogP contribution in [0.1, 0.15) is 37.8 Å². The molecule has 0 amide bonds. The van der Waals surface area contributed by atoms with Gasteiger partial charge in [0.15, 0.2) is 11.2 Å². The first-order valence-electron chi connectivity index (χ1n) is 10.0. The highest BCUT2D eigenvalue weighted by Gasteiger charge is 2.22. The molecule has 0 radical (unpaired) electrons. The smallest absolute Gasteiger partial charge is 0.332 e. The van der Waals surface area contributed by atoms with E-state index in [1.807, 2.05) is 45.0 Å². The highest BCUT2D eigenvalue weighted by Crippen LogP contribution is 2.20. The van der Waals surface area contributed by atoms with Gasteiger partial charge in [-0.05, 0) is 32.3 Å². The second-order valence-corrected chi connectivity index (χ2v) is 7.04. The van der Waals surface area contributed by atoms with Gasteiger partial charge in [0, 0.05) is 19.7 Å². The molecular formula is C21H28N4O4. The molecular weight excluding hydrogens is 372 g/mol. The Morgan fingerprint density at radius 1 is 1.03 bits per heavy atom. The number of hydrogen-bond acceptors (Lipinski definition) is 5. The van der Waals surface area contributed by atoms with Gasteiger partial charge in [-0.3, -0.25) is 18.5 Å². The minimum absolute atomic E-state index is 0.0927. The third kappa shape index (κ3) is 4.12. The Morgan fingerprint density at radius 3 is 2.38 bits per heavy atom. The minimum Gasteiger partial charge on any atom is -0.465 e. The zero-order chi connectivity index (χ0) is 21.0. The number of nitrogens with zero attached hydrogens (tertiary/aromatic N) is 4. The van der Waals surface area contributed by atoms with Crippen LogP contribution >= 0.6 is 0 Å². The normalized spacial score (nSPS) is 11.3. The number of aliphatic hydroxyl groups excluding tert-OH is 1. The maximum Gasteiger partial charge on any atom is 0.332 e. The maximum absolute atomic E-state index is 13.2. The number of ether oxygens (including phenoxy) is 1. The highest BCUT2D eigenvalue weighted by atomic mass is 16.5. The molecule has 3 rings (SSSR count). The van der Waals surface area contributed by atoms with Gasteiger partial charge in [0.25, 0.3) is 11.6 Å². The largest absolute Gasteiger partial charge is 0.465 e. The Balaban J connectivity index is 2.28. The molecule has 0 atom stereocenters. The molecule has 2 heterocycles. The van der Waals surface area contributed by atoms with Gasteiger partial charge in [0.05, 0.1) is 13.2 Å². The van der Waals surface area contributed by atoms with E-state index in [1.165, 1.54) is 9.13 Å². The topological polar surface area (TPSA) is 91.3 Å². The van der Waals surface area contributed by atoms with E-state index in [0.717, 1.165) is 17.5 Å². The van der Waals surface area contributed by atoms with Crippen LogP contribution in [0, 0.1) is 6.92 Å². The molecule has 1 aromatic carbocycles. The molecule has 0 saturated carbocycles. The molecule has 0 fully saturated rings. The van der Waals surface area contributed by atoms with Crippen LogP contribution in [0.25, 0.3) is 11.2 Å². The van der Waals surface area contributed by atoms with E-state index in [0.29, 0.717) is 43.3 Å².